The van der Waals surface area contributed by atoms with E-state index in [0.29, 0.717) is 11.6 Å². The Hall–Kier alpha value is -1.51. The van der Waals surface area contributed by atoms with Crippen LogP contribution in [0.3, 0.4) is 0 Å². The third-order valence-electron chi connectivity index (χ3n) is 2.52. The molecule has 15 heavy (non-hydrogen) atoms. The fraction of sp³-hybridized carbons (Fsp3) is 0.455. The Morgan fingerprint density at radius 2 is 2.47 bits per heavy atom. The molecule has 0 N–H and O–H groups in total. The van der Waals surface area contributed by atoms with Gasteiger partial charge in [0.15, 0.2) is 0 Å². The predicted molar refractivity (Wildman–Crippen MR) is 54.8 cm³/mol. The van der Waals surface area contributed by atoms with E-state index in [2.05, 4.69) is 9.98 Å². The quantitative estimate of drug-likeness (QED) is 0.546. The second kappa shape index (κ2) is 4.82. The van der Waals surface area contributed by atoms with Gasteiger partial charge in [0.25, 0.3) is 0 Å². The maximum Gasteiger partial charge on any atom is 0.240 e. The van der Waals surface area contributed by atoms with Gasteiger partial charge in [-0.05, 0) is 25.0 Å². The number of hydrogen-bond donors (Lipinski definition) is 0. The molecule has 2 rings (SSSR count). The Morgan fingerprint density at radius 1 is 1.53 bits per heavy atom. The third-order valence-corrected chi connectivity index (χ3v) is 2.52. The first-order valence-electron chi connectivity index (χ1n) is 5.02. The van der Waals surface area contributed by atoms with Crippen LogP contribution in [0.2, 0.25) is 0 Å². The van der Waals surface area contributed by atoms with E-state index in [-0.39, 0.29) is 0 Å². The van der Waals surface area contributed by atoms with Gasteiger partial charge in [0.2, 0.25) is 6.08 Å². The number of hydrogen-bond acceptors (Lipinski definition) is 4. The van der Waals surface area contributed by atoms with Crippen molar-refractivity contribution < 1.29 is 9.53 Å². The number of ether oxygens (including phenoxy) is 1. The number of nitrogens with zero attached hydrogens (tertiary/aromatic N) is 2. The van der Waals surface area contributed by atoms with Crippen LogP contribution in [0.25, 0.3) is 0 Å². The second-order valence-electron chi connectivity index (χ2n) is 3.56. The van der Waals surface area contributed by atoms with Crippen molar-refractivity contribution in [2.45, 2.75) is 18.8 Å². The molecule has 0 aromatic carbocycles. The molecule has 1 aliphatic rings. The van der Waals surface area contributed by atoms with Crippen LogP contribution in [0.1, 0.15) is 24.5 Å². The molecular weight excluding hydrogens is 192 g/mol. The second-order valence-corrected chi connectivity index (χ2v) is 3.56. The summed E-state index contributed by atoms with van der Waals surface area (Å²) < 4.78 is 5.39. The molecule has 0 bridgehead atoms. The number of pyridine rings is 1. The largest absolute Gasteiger partial charge is 0.381 e. The molecule has 1 aliphatic heterocycles. The van der Waals surface area contributed by atoms with Gasteiger partial charge < -0.3 is 4.74 Å². The number of isocyanates is 1. The molecule has 1 aromatic rings. The van der Waals surface area contributed by atoms with Gasteiger partial charge in [0.05, 0.1) is 18.5 Å². The number of aliphatic imine (C=N–C) groups is 1. The van der Waals surface area contributed by atoms with Crippen LogP contribution in [0, 0.1) is 0 Å². The fourth-order valence-electron chi connectivity index (χ4n) is 1.73. The monoisotopic (exact) mass is 204 g/mol. The van der Waals surface area contributed by atoms with Crippen LogP contribution in [0.5, 0.6) is 0 Å². The van der Waals surface area contributed by atoms with Crippen molar-refractivity contribution in [1.82, 2.24) is 4.98 Å². The van der Waals surface area contributed by atoms with E-state index in [1.165, 1.54) is 6.08 Å². The summed E-state index contributed by atoms with van der Waals surface area (Å²) in [6, 6.07) is 3.68. The Bertz CT molecular complexity index is 363. The van der Waals surface area contributed by atoms with Gasteiger partial charge in [-0.3, -0.25) is 4.98 Å². The fourth-order valence-corrected chi connectivity index (χ4v) is 1.73. The molecule has 0 saturated carbocycles. The lowest BCUT2D eigenvalue weighted by Gasteiger charge is -2.21. The molecule has 1 atom stereocenters. The minimum absolute atomic E-state index is 0.382. The molecule has 78 valence electrons. The number of carbonyl (C=O) groups excluding carboxylic acids is 1. The molecule has 4 heteroatoms. The minimum Gasteiger partial charge on any atom is -0.381 e. The van der Waals surface area contributed by atoms with Crippen LogP contribution in [0.4, 0.5) is 5.69 Å². The van der Waals surface area contributed by atoms with Crippen molar-refractivity contribution in [3.63, 3.8) is 0 Å². The Labute approximate surface area is 88.0 Å². The SMILES string of the molecule is O=C=Nc1ccc(C2CCCOC2)nc1. The summed E-state index contributed by atoms with van der Waals surface area (Å²) in [5.41, 5.74) is 1.56. The van der Waals surface area contributed by atoms with Crippen LogP contribution < -0.4 is 0 Å². The van der Waals surface area contributed by atoms with Crippen LogP contribution in [0.15, 0.2) is 23.3 Å². The highest BCUT2D eigenvalue weighted by molar-refractivity contribution is 5.47. The molecule has 0 amide bonds. The molecular formula is C11H12N2O2. The highest BCUT2D eigenvalue weighted by Gasteiger charge is 2.16. The Balaban J connectivity index is 2.11. The van der Waals surface area contributed by atoms with Crippen LogP contribution in [-0.4, -0.2) is 24.3 Å². The molecule has 0 spiro atoms. The zero-order valence-electron chi connectivity index (χ0n) is 8.35. The average molecular weight is 204 g/mol. The van der Waals surface area contributed by atoms with Crippen LogP contribution >= 0.6 is 0 Å². The first-order valence-corrected chi connectivity index (χ1v) is 5.02. The van der Waals surface area contributed by atoms with Gasteiger partial charge >= 0.3 is 0 Å². The lowest BCUT2D eigenvalue weighted by atomic mass is 9.98. The topological polar surface area (TPSA) is 51.5 Å². The smallest absolute Gasteiger partial charge is 0.240 e. The van der Waals surface area contributed by atoms with Crippen molar-refractivity contribution in [2.75, 3.05) is 13.2 Å². The van der Waals surface area contributed by atoms with Crippen molar-refractivity contribution in [3.8, 4) is 0 Å². The summed E-state index contributed by atoms with van der Waals surface area (Å²) in [7, 11) is 0. The van der Waals surface area contributed by atoms with E-state index in [1.807, 2.05) is 6.07 Å². The van der Waals surface area contributed by atoms with E-state index in [4.69, 9.17) is 4.74 Å². The summed E-state index contributed by atoms with van der Waals surface area (Å²) in [6.07, 6.45) is 5.28. The number of rotatable bonds is 2. The molecule has 1 fully saturated rings. The van der Waals surface area contributed by atoms with Gasteiger partial charge in [-0.2, -0.15) is 4.99 Å². The van der Waals surface area contributed by atoms with E-state index in [1.54, 1.807) is 12.3 Å². The van der Waals surface area contributed by atoms with Gasteiger partial charge in [-0.25, -0.2) is 4.79 Å². The molecule has 1 saturated heterocycles. The standard InChI is InChI=1S/C11H12N2O2/c14-8-13-10-3-4-11(12-6-10)9-2-1-5-15-7-9/h3-4,6,9H,1-2,5,7H2. The van der Waals surface area contributed by atoms with Gasteiger partial charge in [0.1, 0.15) is 0 Å². The Morgan fingerprint density at radius 3 is 3.07 bits per heavy atom. The zero-order valence-corrected chi connectivity index (χ0v) is 8.35. The maximum atomic E-state index is 10.0. The predicted octanol–water partition coefficient (Wildman–Crippen LogP) is 1.94. The summed E-state index contributed by atoms with van der Waals surface area (Å²) in [4.78, 5) is 17.8. The van der Waals surface area contributed by atoms with E-state index >= 15 is 0 Å². The average Bonchev–Trinajstić information content (AvgIpc) is 2.32. The highest BCUT2D eigenvalue weighted by Crippen LogP contribution is 2.24. The van der Waals surface area contributed by atoms with Crippen molar-refractivity contribution >= 4 is 11.8 Å². The Kier molecular flexibility index (Phi) is 3.22. The lowest BCUT2D eigenvalue weighted by molar-refractivity contribution is 0.0793. The van der Waals surface area contributed by atoms with Gasteiger partial charge in [-0.1, -0.05) is 0 Å². The van der Waals surface area contributed by atoms with Crippen LogP contribution in [-0.2, 0) is 9.53 Å². The molecule has 4 nitrogen and oxygen atoms in total. The molecule has 0 aliphatic carbocycles. The highest BCUT2D eigenvalue weighted by atomic mass is 16.5. The first-order chi connectivity index (χ1) is 7.40. The van der Waals surface area contributed by atoms with Gasteiger partial charge in [-0.15, -0.1) is 0 Å². The molecule has 2 heterocycles. The molecule has 1 aromatic heterocycles. The molecule has 0 radical (unpaired) electrons. The van der Waals surface area contributed by atoms with E-state index in [9.17, 15) is 4.79 Å². The number of aromatic nitrogens is 1. The molecule has 1 unspecified atom stereocenters. The lowest BCUT2D eigenvalue weighted by Crippen LogP contribution is -2.16. The zero-order chi connectivity index (χ0) is 10.5. The first kappa shape index (κ1) is 10.0. The summed E-state index contributed by atoms with van der Waals surface area (Å²) >= 11 is 0. The summed E-state index contributed by atoms with van der Waals surface area (Å²) in [5, 5.41) is 0. The third kappa shape index (κ3) is 2.49. The van der Waals surface area contributed by atoms with Gasteiger partial charge in [0, 0.05) is 18.2 Å². The minimum atomic E-state index is 0.382. The van der Waals surface area contributed by atoms with E-state index < -0.39 is 0 Å². The van der Waals surface area contributed by atoms with E-state index in [0.717, 1.165) is 31.7 Å². The normalized spacial score (nSPS) is 20.7. The summed E-state index contributed by atoms with van der Waals surface area (Å²) in [5.74, 6) is 0.382. The maximum absolute atomic E-state index is 10.0. The van der Waals surface area contributed by atoms with Crippen molar-refractivity contribution in [2.24, 2.45) is 4.99 Å². The van der Waals surface area contributed by atoms with Crippen molar-refractivity contribution in [1.29, 1.82) is 0 Å². The van der Waals surface area contributed by atoms with Crippen molar-refractivity contribution in [3.05, 3.63) is 24.0 Å². The summed E-state index contributed by atoms with van der Waals surface area (Å²) in [6.45, 7) is 1.59.